The number of hydrogen-bond donors (Lipinski definition) is 0. The number of imidazole rings is 1. The number of carbonyl (C=O) groups is 1. The summed E-state index contributed by atoms with van der Waals surface area (Å²) in [4.78, 5) is 24.1. The molecule has 0 radical (unpaired) electrons. The fourth-order valence-electron chi connectivity index (χ4n) is 6.59. The average Bonchev–Trinajstić information content (AvgIpc) is 3.68. The molecule has 276 valence electrons. The van der Waals surface area contributed by atoms with Crippen molar-refractivity contribution in [1.29, 1.82) is 0 Å². The van der Waals surface area contributed by atoms with Crippen LogP contribution in [0.25, 0.3) is 11.0 Å². The van der Waals surface area contributed by atoms with Gasteiger partial charge in [0.1, 0.15) is 5.76 Å². The van der Waals surface area contributed by atoms with Crippen LogP contribution in [0.4, 0.5) is 32.3 Å². The number of para-hydroxylation sites is 2. The van der Waals surface area contributed by atoms with Crippen molar-refractivity contribution in [3.63, 3.8) is 0 Å². The number of aromatic nitrogens is 2. The van der Waals surface area contributed by atoms with Crippen molar-refractivity contribution in [3.05, 3.63) is 117 Å². The quantitative estimate of drug-likeness (QED) is 0.133. The molecule has 1 aliphatic heterocycles. The van der Waals surface area contributed by atoms with Gasteiger partial charge in [-0.3, -0.25) is 4.79 Å². The van der Waals surface area contributed by atoms with Crippen molar-refractivity contribution >= 4 is 46.1 Å². The molecule has 5 aromatic rings. The third-order valence-corrected chi connectivity index (χ3v) is 10.0. The van der Waals surface area contributed by atoms with E-state index in [1.165, 1.54) is 7.05 Å². The molecule has 7 nitrogen and oxygen atoms in total. The van der Waals surface area contributed by atoms with Crippen LogP contribution in [-0.2, 0) is 18.9 Å². The normalized spacial score (nSPS) is 15.2. The first-order chi connectivity index (χ1) is 24.7. The standard InChI is InChI=1S/C37H35Cl2F6N5O2/c1-47(34(51)26-18-27(36(40,41)42)21-28(19-26)37(43,44)45)22-25(24-9-10-30(38)31(39)20-24)11-14-48-12-5-13-49(16-15-48)35-46-32-7-2-3-8-33(32)50(35)23-29-6-4-17-52-29/h2-4,6-10,17-21,25H,5,11-16,22-23H2,1H3. The fourth-order valence-corrected chi connectivity index (χ4v) is 6.90. The molecule has 52 heavy (non-hydrogen) atoms. The number of carbonyl (C=O) groups excluding carboxylic acids is 1. The highest BCUT2D eigenvalue weighted by Gasteiger charge is 2.38. The largest absolute Gasteiger partial charge is 0.467 e. The van der Waals surface area contributed by atoms with E-state index in [4.69, 9.17) is 32.6 Å². The van der Waals surface area contributed by atoms with Crippen LogP contribution in [0.3, 0.4) is 0 Å². The molecule has 3 heterocycles. The summed E-state index contributed by atoms with van der Waals surface area (Å²) in [6, 6.07) is 17.7. The van der Waals surface area contributed by atoms with Gasteiger partial charge in [0.05, 0.1) is 45.0 Å². The number of anilines is 1. The summed E-state index contributed by atoms with van der Waals surface area (Å²) in [7, 11) is 1.36. The predicted molar refractivity (Wildman–Crippen MR) is 188 cm³/mol. The lowest BCUT2D eigenvalue weighted by atomic mass is 9.94. The van der Waals surface area contributed by atoms with E-state index in [9.17, 15) is 31.1 Å². The van der Waals surface area contributed by atoms with Gasteiger partial charge in [-0.25, -0.2) is 4.98 Å². The molecule has 1 fully saturated rings. The Morgan fingerprint density at radius 1 is 0.885 bits per heavy atom. The van der Waals surface area contributed by atoms with Gasteiger partial charge in [0.2, 0.25) is 5.95 Å². The molecule has 0 spiro atoms. The number of amides is 1. The van der Waals surface area contributed by atoms with Crippen LogP contribution in [0.15, 0.2) is 83.5 Å². The zero-order valence-corrected chi connectivity index (χ0v) is 29.5. The summed E-state index contributed by atoms with van der Waals surface area (Å²) in [5.74, 6) is 0.320. The van der Waals surface area contributed by atoms with E-state index in [1.54, 1.807) is 24.5 Å². The Bertz CT molecular complexity index is 1980. The van der Waals surface area contributed by atoms with Gasteiger partial charge in [-0.1, -0.05) is 41.4 Å². The van der Waals surface area contributed by atoms with Crippen molar-refractivity contribution in [2.24, 2.45) is 0 Å². The second-order valence-electron chi connectivity index (χ2n) is 12.9. The zero-order chi connectivity index (χ0) is 37.2. The van der Waals surface area contributed by atoms with Crippen LogP contribution in [-0.4, -0.2) is 71.6 Å². The molecule has 1 atom stereocenters. The monoisotopic (exact) mass is 765 g/mol. The first-order valence-corrected chi connectivity index (χ1v) is 17.4. The van der Waals surface area contributed by atoms with E-state index >= 15 is 0 Å². The van der Waals surface area contributed by atoms with E-state index in [0.717, 1.165) is 52.7 Å². The van der Waals surface area contributed by atoms with Gasteiger partial charge in [0.15, 0.2) is 0 Å². The van der Waals surface area contributed by atoms with Crippen LogP contribution >= 0.6 is 23.2 Å². The average molecular weight is 767 g/mol. The summed E-state index contributed by atoms with van der Waals surface area (Å²) in [5.41, 5.74) is -1.19. The number of furan rings is 1. The Morgan fingerprint density at radius 2 is 1.62 bits per heavy atom. The first-order valence-electron chi connectivity index (χ1n) is 16.6. The van der Waals surface area contributed by atoms with Crippen LogP contribution in [0.1, 0.15) is 51.6 Å². The zero-order valence-electron chi connectivity index (χ0n) is 28.0. The highest BCUT2D eigenvalue weighted by Crippen LogP contribution is 2.37. The minimum absolute atomic E-state index is 0.00512. The van der Waals surface area contributed by atoms with Gasteiger partial charge in [-0.2, -0.15) is 26.3 Å². The van der Waals surface area contributed by atoms with Gasteiger partial charge >= 0.3 is 12.4 Å². The maximum Gasteiger partial charge on any atom is 0.416 e. The number of hydrogen-bond acceptors (Lipinski definition) is 5. The Balaban J connectivity index is 1.18. The lowest BCUT2D eigenvalue weighted by Crippen LogP contribution is -2.35. The lowest BCUT2D eigenvalue weighted by molar-refractivity contribution is -0.143. The van der Waals surface area contributed by atoms with Gasteiger partial charge in [-0.05, 0) is 86.1 Å². The minimum Gasteiger partial charge on any atom is -0.467 e. The van der Waals surface area contributed by atoms with Crippen molar-refractivity contribution in [2.75, 3.05) is 51.2 Å². The molecule has 0 bridgehead atoms. The highest BCUT2D eigenvalue weighted by atomic mass is 35.5. The lowest BCUT2D eigenvalue weighted by Gasteiger charge is -2.28. The van der Waals surface area contributed by atoms with Crippen LogP contribution in [0.2, 0.25) is 10.0 Å². The molecule has 6 rings (SSSR count). The number of halogens is 8. The van der Waals surface area contributed by atoms with E-state index in [2.05, 4.69) is 14.4 Å². The van der Waals surface area contributed by atoms with Crippen molar-refractivity contribution in [2.45, 2.75) is 37.7 Å². The third-order valence-electron chi connectivity index (χ3n) is 9.28. The molecule has 0 aliphatic carbocycles. The summed E-state index contributed by atoms with van der Waals surface area (Å²) in [6.45, 7) is 4.07. The van der Waals surface area contributed by atoms with E-state index in [0.29, 0.717) is 49.8 Å². The number of alkyl halides is 6. The van der Waals surface area contributed by atoms with Crippen LogP contribution in [0.5, 0.6) is 0 Å². The van der Waals surface area contributed by atoms with Crippen molar-refractivity contribution in [3.8, 4) is 0 Å². The molecular formula is C37H35Cl2F6N5O2. The van der Waals surface area contributed by atoms with E-state index in [1.807, 2.05) is 36.4 Å². The molecule has 3 aromatic carbocycles. The predicted octanol–water partition coefficient (Wildman–Crippen LogP) is 9.48. The number of fused-ring (bicyclic) bond motifs is 1. The number of benzene rings is 3. The molecule has 1 saturated heterocycles. The van der Waals surface area contributed by atoms with E-state index < -0.39 is 35.0 Å². The van der Waals surface area contributed by atoms with Crippen molar-refractivity contribution in [1.82, 2.24) is 19.4 Å². The van der Waals surface area contributed by atoms with Crippen LogP contribution < -0.4 is 4.90 Å². The Labute approximate surface area is 306 Å². The summed E-state index contributed by atoms with van der Waals surface area (Å²) < 4.78 is 89.0. The molecule has 1 aliphatic rings. The molecule has 1 unspecified atom stereocenters. The Hall–Kier alpha value is -4.20. The minimum atomic E-state index is -5.08. The maximum atomic E-state index is 13.5. The van der Waals surface area contributed by atoms with Crippen molar-refractivity contribution < 1.29 is 35.6 Å². The molecule has 0 N–H and O–H groups in total. The second kappa shape index (κ2) is 15.4. The SMILES string of the molecule is CN(CC(CCN1CCCN(c2nc3ccccc3n2Cc2ccco2)CC1)c1ccc(Cl)c(Cl)c1)C(=O)c1cc(C(F)(F)F)cc(C(F)(F)F)c1. The number of nitrogens with zero attached hydrogens (tertiary/aromatic N) is 5. The topological polar surface area (TPSA) is 57.8 Å². The van der Waals surface area contributed by atoms with Crippen LogP contribution in [0, 0.1) is 0 Å². The Morgan fingerprint density at radius 3 is 2.29 bits per heavy atom. The molecule has 15 heteroatoms. The number of likely N-dealkylation sites (N-methyl/N-ethyl adjacent to an activating group) is 1. The summed E-state index contributed by atoms with van der Waals surface area (Å²) in [6.07, 6.45) is -7.15. The fraction of sp³-hybridized carbons (Fsp3) is 0.351. The smallest absolute Gasteiger partial charge is 0.416 e. The summed E-state index contributed by atoms with van der Waals surface area (Å²) >= 11 is 12.5. The highest BCUT2D eigenvalue weighted by molar-refractivity contribution is 6.42. The van der Waals surface area contributed by atoms with Gasteiger partial charge in [0, 0.05) is 44.7 Å². The van der Waals surface area contributed by atoms with Gasteiger partial charge < -0.3 is 23.7 Å². The first kappa shape index (κ1) is 37.6. The molecule has 1 amide bonds. The third kappa shape index (κ3) is 8.70. The maximum absolute atomic E-state index is 13.5. The van der Waals surface area contributed by atoms with Gasteiger partial charge in [0.25, 0.3) is 5.91 Å². The molecule has 0 saturated carbocycles. The van der Waals surface area contributed by atoms with Gasteiger partial charge in [-0.15, -0.1) is 0 Å². The van der Waals surface area contributed by atoms with E-state index in [-0.39, 0.29) is 23.6 Å². The number of rotatable bonds is 10. The Kier molecular flexibility index (Phi) is 11.1. The molecule has 2 aromatic heterocycles. The summed E-state index contributed by atoms with van der Waals surface area (Å²) in [5, 5.41) is 0.608. The second-order valence-corrected chi connectivity index (χ2v) is 13.7. The molecular weight excluding hydrogens is 731 g/mol.